The number of ether oxygens (including phenoxy) is 2. The van der Waals surface area contributed by atoms with E-state index in [1.165, 1.54) is 24.3 Å². The zero-order valence-electron chi connectivity index (χ0n) is 14.9. The molecule has 27 heavy (non-hydrogen) atoms. The summed E-state index contributed by atoms with van der Waals surface area (Å²) in [6.45, 7) is 0.779. The lowest BCUT2D eigenvalue weighted by molar-refractivity contribution is -0.134. The van der Waals surface area contributed by atoms with Crippen molar-refractivity contribution >= 4 is 17.2 Å². The molecule has 1 aromatic heterocycles. The van der Waals surface area contributed by atoms with Crippen molar-refractivity contribution in [1.82, 2.24) is 4.90 Å². The molecule has 1 heterocycles. The van der Waals surface area contributed by atoms with Crippen LogP contribution in [0.1, 0.15) is 10.4 Å². The monoisotopic (exact) mass is 385 g/mol. The molecule has 0 saturated heterocycles. The summed E-state index contributed by atoms with van der Waals surface area (Å²) >= 11 is 1.60. The quantitative estimate of drug-likeness (QED) is 0.573. The minimum atomic E-state index is -0.343. The van der Waals surface area contributed by atoms with Crippen molar-refractivity contribution in [1.29, 1.82) is 0 Å². The van der Waals surface area contributed by atoms with Gasteiger partial charge in [-0.2, -0.15) is 0 Å². The van der Waals surface area contributed by atoms with Crippen LogP contribution in [-0.4, -0.2) is 24.5 Å². The fraction of sp³-hybridized carbons (Fsp3) is 0.190. The smallest absolute Gasteiger partial charge is 0.261 e. The summed E-state index contributed by atoms with van der Waals surface area (Å²) in [4.78, 5) is 15.6. The van der Waals surface area contributed by atoms with E-state index in [0.29, 0.717) is 18.8 Å². The second-order valence-corrected chi connectivity index (χ2v) is 6.92. The zero-order valence-corrected chi connectivity index (χ0v) is 15.7. The van der Waals surface area contributed by atoms with Gasteiger partial charge in [-0.3, -0.25) is 4.79 Å². The van der Waals surface area contributed by atoms with Gasteiger partial charge in [-0.25, -0.2) is 4.39 Å². The van der Waals surface area contributed by atoms with Crippen LogP contribution in [0.5, 0.6) is 11.5 Å². The van der Waals surface area contributed by atoms with E-state index in [1.54, 1.807) is 23.3 Å². The molecule has 0 N–H and O–H groups in total. The maximum atomic E-state index is 13.0. The summed E-state index contributed by atoms with van der Waals surface area (Å²) < 4.78 is 23.9. The van der Waals surface area contributed by atoms with Crippen molar-refractivity contribution in [3.63, 3.8) is 0 Å². The standard InChI is InChI=1S/C21H20FNO3S/c1-25-20-7-3-2-5-16(20)13-23(14-19-6-4-12-27-19)21(24)15-26-18-10-8-17(22)9-11-18/h2-12H,13-15H2,1H3. The van der Waals surface area contributed by atoms with E-state index in [0.717, 1.165) is 16.2 Å². The highest BCUT2D eigenvalue weighted by atomic mass is 32.1. The molecule has 0 bridgehead atoms. The molecule has 0 atom stereocenters. The number of halogens is 1. The number of para-hydroxylation sites is 1. The Labute approximate surface area is 161 Å². The van der Waals surface area contributed by atoms with Crippen molar-refractivity contribution in [2.75, 3.05) is 13.7 Å². The zero-order chi connectivity index (χ0) is 19.1. The Balaban J connectivity index is 1.72. The fourth-order valence-electron chi connectivity index (χ4n) is 2.63. The molecular formula is C21H20FNO3S. The molecule has 3 rings (SSSR count). The number of hydrogen-bond donors (Lipinski definition) is 0. The van der Waals surface area contributed by atoms with E-state index in [-0.39, 0.29) is 18.3 Å². The first-order valence-corrected chi connectivity index (χ1v) is 9.34. The van der Waals surface area contributed by atoms with Crippen LogP contribution in [0.2, 0.25) is 0 Å². The van der Waals surface area contributed by atoms with Crippen LogP contribution >= 0.6 is 11.3 Å². The number of amides is 1. The molecule has 0 unspecified atom stereocenters. The molecule has 0 spiro atoms. The Kier molecular flexibility index (Phi) is 6.44. The van der Waals surface area contributed by atoms with E-state index < -0.39 is 0 Å². The number of carbonyl (C=O) groups excluding carboxylic acids is 1. The third kappa shape index (κ3) is 5.31. The molecule has 1 amide bonds. The average molecular weight is 385 g/mol. The number of hydrogen-bond acceptors (Lipinski definition) is 4. The predicted molar refractivity (Wildman–Crippen MR) is 103 cm³/mol. The first-order valence-electron chi connectivity index (χ1n) is 8.46. The van der Waals surface area contributed by atoms with Gasteiger partial charge in [0.1, 0.15) is 17.3 Å². The lowest BCUT2D eigenvalue weighted by Gasteiger charge is -2.23. The van der Waals surface area contributed by atoms with Crippen molar-refractivity contribution < 1.29 is 18.7 Å². The van der Waals surface area contributed by atoms with Crippen molar-refractivity contribution in [2.45, 2.75) is 13.1 Å². The third-order valence-corrected chi connectivity index (χ3v) is 4.87. The van der Waals surface area contributed by atoms with Crippen LogP contribution in [-0.2, 0) is 17.9 Å². The molecular weight excluding hydrogens is 365 g/mol. The van der Waals surface area contributed by atoms with Crippen LogP contribution in [0, 0.1) is 5.82 Å². The van der Waals surface area contributed by atoms with Crippen LogP contribution < -0.4 is 9.47 Å². The number of methoxy groups -OCH3 is 1. The number of rotatable bonds is 8. The maximum Gasteiger partial charge on any atom is 0.261 e. The molecule has 0 aliphatic rings. The van der Waals surface area contributed by atoms with Gasteiger partial charge in [0.2, 0.25) is 0 Å². The Hall–Kier alpha value is -2.86. The molecule has 140 valence electrons. The van der Waals surface area contributed by atoms with Gasteiger partial charge in [0.15, 0.2) is 6.61 Å². The van der Waals surface area contributed by atoms with Crippen LogP contribution in [0.25, 0.3) is 0 Å². The lowest BCUT2D eigenvalue weighted by atomic mass is 10.2. The Morgan fingerprint density at radius 3 is 2.52 bits per heavy atom. The van der Waals surface area contributed by atoms with E-state index in [4.69, 9.17) is 9.47 Å². The number of thiophene rings is 1. The van der Waals surface area contributed by atoms with Crippen LogP contribution in [0.3, 0.4) is 0 Å². The van der Waals surface area contributed by atoms with Gasteiger partial charge in [-0.15, -0.1) is 11.3 Å². The van der Waals surface area contributed by atoms with Gasteiger partial charge in [0, 0.05) is 17.0 Å². The first kappa shape index (κ1) is 18.9. The molecule has 3 aromatic rings. The Bertz CT molecular complexity index is 865. The fourth-order valence-corrected chi connectivity index (χ4v) is 3.35. The highest BCUT2D eigenvalue weighted by molar-refractivity contribution is 7.09. The van der Waals surface area contributed by atoms with Gasteiger partial charge < -0.3 is 14.4 Å². The molecule has 6 heteroatoms. The van der Waals surface area contributed by atoms with Crippen molar-refractivity contribution in [3.05, 3.63) is 82.3 Å². The van der Waals surface area contributed by atoms with E-state index in [2.05, 4.69) is 0 Å². The number of benzene rings is 2. The third-order valence-electron chi connectivity index (χ3n) is 4.01. The summed E-state index contributed by atoms with van der Waals surface area (Å²) in [6.07, 6.45) is 0. The predicted octanol–water partition coefficient (Wildman–Crippen LogP) is 4.50. The molecule has 0 aliphatic carbocycles. The van der Waals surface area contributed by atoms with Crippen molar-refractivity contribution in [2.24, 2.45) is 0 Å². The summed E-state index contributed by atoms with van der Waals surface area (Å²) in [5.41, 5.74) is 0.923. The Morgan fingerprint density at radius 2 is 1.81 bits per heavy atom. The van der Waals surface area contributed by atoms with Crippen molar-refractivity contribution in [3.8, 4) is 11.5 Å². The van der Waals surface area contributed by atoms with Gasteiger partial charge >= 0.3 is 0 Å². The summed E-state index contributed by atoms with van der Waals surface area (Å²) in [5.74, 6) is 0.696. The van der Waals surface area contributed by atoms with E-state index in [9.17, 15) is 9.18 Å². The summed E-state index contributed by atoms with van der Waals surface area (Å²) in [5, 5.41) is 1.98. The molecule has 0 saturated carbocycles. The van der Waals surface area contributed by atoms with Gasteiger partial charge in [-0.1, -0.05) is 24.3 Å². The second-order valence-electron chi connectivity index (χ2n) is 5.88. The normalized spacial score (nSPS) is 10.4. The summed E-state index contributed by atoms with van der Waals surface area (Å²) in [7, 11) is 1.61. The minimum Gasteiger partial charge on any atom is -0.496 e. The van der Waals surface area contributed by atoms with Gasteiger partial charge in [-0.05, 0) is 41.8 Å². The van der Waals surface area contributed by atoms with Crippen LogP contribution in [0.15, 0.2) is 66.0 Å². The highest BCUT2D eigenvalue weighted by Crippen LogP contribution is 2.22. The Morgan fingerprint density at radius 1 is 1.04 bits per heavy atom. The molecule has 2 aromatic carbocycles. The minimum absolute atomic E-state index is 0.119. The average Bonchev–Trinajstić information content (AvgIpc) is 3.20. The largest absolute Gasteiger partial charge is 0.496 e. The van der Waals surface area contributed by atoms with Crippen LogP contribution in [0.4, 0.5) is 4.39 Å². The van der Waals surface area contributed by atoms with E-state index >= 15 is 0 Å². The van der Waals surface area contributed by atoms with E-state index in [1.807, 2.05) is 41.8 Å². The number of carbonyl (C=O) groups is 1. The molecule has 0 radical (unpaired) electrons. The molecule has 0 fully saturated rings. The highest BCUT2D eigenvalue weighted by Gasteiger charge is 2.18. The van der Waals surface area contributed by atoms with Gasteiger partial charge in [0.05, 0.1) is 13.7 Å². The first-order chi connectivity index (χ1) is 13.2. The summed E-state index contributed by atoms with van der Waals surface area (Å²) in [6, 6.07) is 17.2. The topological polar surface area (TPSA) is 38.8 Å². The lowest BCUT2D eigenvalue weighted by Crippen LogP contribution is -2.34. The SMILES string of the molecule is COc1ccccc1CN(Cc1cccs1)C(=O)COc1ccc(F)cc1. The molecule has 0 aliphatic heterocycles. The number of nitrogens with zero attached hydrogens (tertiary/aromatic N) is 1. The van der Waals surface area contributed by atoms with Gasteiger partial charge in [0.25, 0.3) is 5.91 Å². The second kappa shape index (κ2) is 9.19. The maximum absolute atomic E-state index is 13.0. The molecule has 4 nitrogen and oxygen atoms in total.